The average molecular weight is 220 g/mol. The summed E-state index contributed by atoms with van der Waals surface area (Å²) in [5.74, 6) is 0. The van der Waals surface area contributed by atoms with Crippen LogP contribution in [-0.4, -0.2) is 24.4 Å². The highest BCUT2D eigenvalue weighted by Crippen LogP contribution is 2.38. The van der Waals surface area contributed by atoms with Crippen LogP contribution in [0.25, 0.3) is 0 Å². The highest BCUT2D eigenvalue weighted by Gasteiger charge is 2.39. The van der Waals surface area contributed by atoms with Gasteiger partial charge in [-0.3, -0.25) is 0 Å². The van der Waals surface area contributed by atoms with Crippen molar-refractivity contribution in [2.45, 2.75) is 37.7 Å². The second-order valence-corrected chi connectivity index (χ2v) is 4.81. The molecule has 0 atom stereocenters. The summed E-state index contributed by atoms with van der Waals surface area (Å²) in [5, 5.41) is 9.81. The number of ether oxygens (including phenoxy) is 1. The van der Waals surface area contributed by atoms with Crippen LogP contribution in [0.4, 0.5) is 0 Å². The molecule has 1 N–H and O–H groups in total. The number of hydrogen-bond acceptors (Lipinski definition) is 2. The predicted octanol–water partition coefficient (Wildman–Crippen LogP) is 2.33. The van der Waals surface area contributed by atoms with Gasteiger partial charge < -0.3 is 9.84 Å². The van der Waals surface area contributed by atoms with Crippen molar-refractivity contribution < 1.29 is 9.84 Å². The van der Waals surface area contributed by atoms with Gasteiger partial charge in [-0.05, 0) is 36.8 Å². The molecule has 0 amide bonds. The maximum Gasteiger partial charge on any atom is 0.0690 e. The number of methoxy groups -OCH3 is 1. The lowest BCUT2D eigenvalue weighted by Crippen LogP contribution is -2.10. The number of hydrogen-bond donors (Lipinski definition) is 1. The Morgan fingerprint density at radius 1 is 1.19 bits per heavy atom. The van der Waals surface area contributed by atoms with Gasteiger partial charge in [-0.25, -0.2) is 0 Å². The van der Waals surface area contributed by atoms with Crippen LogP contribution in [0.1, 0.15) is 30.4 Å². The van der Waals surface area contributed by atoms with E-state index >= 15 is 0 Å². The largest absolute Gasteiger partial charge is 0.390 e. The molecule has 0 heterocycles. The third-order valence-corrected chi connectivity index (χ3v) is 3.20. The van der Waals surface area contributed by atoms with E-state index in [0.29, 0.717) is 0 Å². The minimum atomic E-state index is -0.377. The Kier molecular flexibility index (Phi) is 3.62. The Labute approximate surface area is 97.3 Å². The van der Waals surface area contributed by atoms with Crippen molar-refractivity contribution in [3.63, 3.8) is 0 Å². The van der Waals surface area contributed by atoms with Gasteiger partial charge in [-0.2, -0.15) is 0 Å². The second-order valence-electron chi connectivity index (χ2n) is 4.81. The van der Waals surface area contributed by atoms with Crippen molar-refractivity contribution in [2.24, 2.45) is 0 Å². The Bertz CT molecular complexity index is 325. The molecule has 1 fully saturated rings. The third kappa shape index (κ3) is 3.32. The SMILES string of the molecule is COCCCc1ccc(CC2(O)CC2)cc1. The molecule has 88 valence electrons. The molecule has 2 nitrogen and oxygen atoms in total. The standard InChI is InChI=1S/C14H20O2/c1-16-10-2-3-12-4-6-13(7-5-12)11-14(15)8-9-14/h4-7,15H,2-3,8-11H2,1H3. The molecule has 1 aromatic rings. The summed E-state index contributed by atoms with van der Waals surface area (Å²) in [6.07, 6.45) is 4.87. The molecule has 1 aliphatic rings. The highest BCUT2D eigenvalue weighted by atomic mass is 16.5. The first-order valence-corrected chi connectivity index (χ1v) is 6.01. The van der Waals surface area contributed by atoms with E-state index in [1.165, 1.54) is 11.1 Å². The fourth-order valence-electron chi connectivity index (χ4n) is 1.95. The lowest BCUT2D eigenvalue weighted by Gasteiger charge is -2.08. The lowest BCUT2D eigenvalue weighted by atomic mass is 10.0. The van der Waals surface area contributed by atoms with Crippen molar-refractivity contribution in [1.82, 2.24) is 0 Å². The summed E-state index contributed by atoms with van der Waals surface area (Å²) >= 11 is 0. The van der Waals surface area contributed by atoms with Gasteiger partial charge in [0.2, 0.25) is 0 Å². The van der Waals surface area contributed by atoms with Gasteiger partial charge in [0, 0.05) is 20.1 Å². The van der Waals surface area contributed by atoms with Crippen molar-refractivity contribution in [2.75, 3.05) is 13.7 Å². The number of rotatable bonds is 6. The van der Waals surface area contributed by atoms with Crippen LogP contribution in [0, 0.1) is 0 Å². The van der Waals surface area contributed by atoms with E-state index in [1.54, 1.807) is 7.11 Å². The fraction of sp³-hybridized carbons (Fsp3) is 0.571. The van der Waals surface area contributed by atoms with Crippen molar-refractivity contribution in [1.29, 1.82) is 0 Å². The van der Waals surface area contributed by atoms with Crippen LogP contribution < -0.4 is 0 Å². The lowest BCUT2D eigenvalue weighted by molar-refractivity contribution is 0.151. The molecule has 0 spiro atoms. The third-order valence-electron chi connectivity index (χ3n) is 3.20. The zero-order chi connectivity index (χ0) is 11.4. The maximum absolute atomic E-state index is 9.81. The van der Waals surface area contributed by atoms with Crippen LogP contribution >= 0.6 is 0 Å². The average Bonchev–Trinajstić information content (AvgIpc) is 2.99. The summed E-state index contributed by atoms with van der Waals surface area (Å²) in [5.41, 5.74) is 2.22. The summed E-state index contributed by atoms with van der Waals surface area (Å²) in [6.45, 7) is 0.821. The van der Waals surface area contributed by atoms with E-state index in [0.717, 1.165) is 38.7 Å². The summed E-state index contributed by atoms with van der Waals surface area (Å²) in [7, 11) is 1.74. The van der Waals surface area contributed by atoms with E-state index in [1.807, 2.05) is 0 Å². The van der Waals surface area contributed by atoms with Gasteiger partial charge in [0.1, 0.15) is 0 Å². The molecule has 0 saturated heterocycles. The molecule has 1 aromatic carbocycles. The molecule has 0 bridgehead atoms. The first-order chi connectivity index (χ1) is 7.72. The smallest absolute Gasteiger partial charge is 0.0690 e. The molecule has 16 heavy (non-hydrogen) atoms. The van der Waals surface area contributed by atoms with Gasteiger partial charge in [0.25, 0.3) is 0 Å². The molecule has 0 aromatic heterocycles. The minimum absolute atomic E-state index is 0.377. The second kappa shape index (κ2) is 4.98. The Hall–Kier alpha value is -0.860. The first kappa shape index (κ1) is 11.6. The van der Waals surface area contributed by atoms with Gasteiger partial charge >= 0.3 is 0 Å². The number of benzene rings is 1. The molecular formula is C14H20O2. The summed E-state index contributed by atoms with van der Waals surface area (Å²) in [6, 6.07) is 8.60. The van der Waals surface area contributed by atoms with E-state index in [4.69, 9.17) is 4.74 Å². The van der Waals surface area contributed by atoms with Crippen molar-refractivity contribution in [3.05, 3.63) is 35.4 Å². The topological polar surface area (TPSA) is 29.5 Å². The van der Waals surface area contributed by atoms with Gasteiger partial charge in [0.05, 0.1) is 5.60 Å². The summed E-state index contributed by atoms with van der Waals surface area (Å²) in [4.78, 5) is 0. The predicted molar refractivity (Wildman–Crippen MR) is 64.5 cm³/mol. The Balaban J connectivity index is 1.84. The van der Waals surface area contributed by atoms with Crippen LogP contribution in [-0.2, 0) is 17.6 Å². The fourth-order valence-corrected chi connectivity index (χ4v) is 1.95. The van der Waals surface area contributed by atoms with Crippen LogP contribution in [0.5, 0.6) is 0 Å². The highest BCUT2D eigenvalue weighted by molar-refractivity contribution is 5.25. The zero-order valence-electron chi connectivity index (χ0n) is 9.91. The van der Waals surface area contributed by atoms with Crippen LogP contribution in [0.3, 0.4) is 0 Å². The molecule has 2 rings (SSSR count). The van der Waals surface area contributed by atoms with E-state index < -0.39 is 0 Å². The quantitative estimate of drug-likeness (QED) is 0.746. The maximum atomic E-state index is 9.81. The normalized spacial score (nSPS) is 17.4. The molecular weight excluding hydrogens is 200 g/mol. The number of aliphatic hydroxyl groups is 1. The Morgan fingerprint density at radius 2 is 1.81 bits per heavy atom. The van der Waals surface area contributed by atoms with Crippen LogP contribution in [0.2, 0.25) is 0 Å². The van der Waals surface area contributed by atoms with E-state index in [9.17, 15) is 5.11 Å². The monoisotopic (exact) mass is 220 g/mol. The van der Waals surface area contributed by atoms with Gasteiger partial charge in [-0.15, -0.1) is 0 Å². The molecule has 2 heteroatoms. The molecule has 1 aliphatic carbocycles. The molecule has 0 aliphatic heterocycles. The van der Waals surface area contributed by atoms with E-state index in [2.05, 4.69) is 24.3 Å². The van der Waals surface area contributed by atoms with Crippen molar-refractivity contribution in [3.8, 4) is 0 Å². The minimum Gasteiger partial charge on any atom is -0.390 e. The summed E-state index contributed by atoms with van der Waals surface area (Å²) < 4.78 is 5.03. The van der Waals surface area contributed by atoms with Gasteiger partial charge in [0.15, 0.2) is 0 Å². The molecule has 0 unspecified atom stereocenters. The van der Waals surface area contributed by atoms with Crippen molar-refractivity contribution >= 4 is 0 Å². The van der Waals surface area contributed by atoms with E-state index in [-0.39, 0.29) is 5.60 Å². The zero-order valence-corrected chi connectivity index (χ0v) is 9.91. The Morgan fingerprint density at radius 3 is 2.38 bits per heavy atom. The molecule has 0 radical (unpaired) electrons. The van der Waals surface area contributed by atoms with Crippen LogP contribution in [0.15, 0.2) is 24.3 Å². The number of aryl methyl sites for hydroxylation is 1. The first-order valence-electron chi connectivity index (χ1n) is 6.01. The van der Waals surface area contributed by atoms with Gasteiger partial charge in [-0.1, -0.05) is 24.3 Å². The molecule has 1 saturated carbocycles.